The molecule has 1 aromatic heterocycles. The minimum absolute atomic E-state index is 0.0966. The van der Waals surface area contributed by atoms with E-state index in [0.717, 1.165) is 11.3 Å². The lowest BCUT2D eigenvalue weighted by Crippen LogP contribution is -2.27. The summed E-state index contributed by atoms with van der Waals surface area (Å²) in [6, 6.07) is 2.43. The number of fused-ring (bicyclic) bond motifs is 1. The molecule has 11 heteroatoms. The van der Waals surface area contributed by atoms with E-state index in [1.54, 1.807) is 41.5 Å². The highest BCUT2D eigenvalue weighted by atomic mass is 35.5. The molecule has 0 aliphatic carbocycles. The van der Waals surface area contributed by atoms with E-state index < -0.39 is 40.1 Å². The Morgan fingerprint density at radius 3 is 2.00 bits per heavy atom. The van der Waals surface area contributed by atoms with Crippen LogP contribution in [0.3, 0.4) is 0 Å². The standard InChI is InChI=1S/C20H23ClO8S2/c1-19(2,3)28-17(23)26-12-8-10-11(22)9-13(31(7)25)30-16(10)14(21)15(12)27-18(24)29-20(4,5)6/h8-9H,1-7H3. The number of carbonyl (C=O) groups is 2. The van der Waals surface area contributed by atoms with E-state index >= 15 is 0 Å². The van der Waals surface area contributed by atoms with Crippen LogP contribution in [-0.2, 0) is 20.6 Å². The average Bonchev–Trinajstić information content (AvgIpc) is 2.55. The number of hydrogen-bond donors (Lipinski definition) is 0. The van der Waals surface area contributed by atoms with Crippen LogP contribution in [0.2, 0.25) is 5.02 Å². The maximum atomic E-state index is 12.6. The van der Waals surface area contributed by atoms with Gasteiger partial charge in [0.1, 0.15) is 22.5 Å². The monoisotopic (exact) mass is 490 g/mol. The number of halogens is 1. The van der Waals surface area contributed by atoms with Crippen LogP contribution < -0.4 is 14.9 Å². The van der Waals surface area contributed by atoms with Gasteiger partial charge in [0.25, 0.3) is 0 Å². The third kappa shape index (κ3) is 6.99. The lowest BCUT2D eigenvalue weighted by atomic mass is 10.2. The second-order valence-electron chi connectivity index (χ2n) is 8.41. The summed E-state index contributed by atoms with van der Waals surface area (Å²) in [6.45, 7) is 9.85. The van der Waals surface area contributed by atoms with Gasteiger partial charge >= 0.3 is 12.3 Å². The Kier molecular flexibility index (Phi) is 7.52. The summed E-state index contributed by atoms with van der Waals surface area (Å²) in [6.07, 6.45) is -0.756. The minimum atomic E-state index is -1.44. The van der Waals surface area contributed by atoms with Crippen LogP contribution in [0, 0.1) is 0 Å². The summed E-state index contributed by atoms with van der Waals surface area (Å²) in [7, 11) is 0. The molecule has 0 N–H and O–H groups in total. The molecule has 0 radical (unpaired) electrons. The number of rotatable bonds is 3. The fourth-order valence-electron chi connectivity index (χ4n) is 2.22. The van der Waals surface area contributed by atoms with Gasteiger partial charge in [0.2, 0.25) is 4.21 Å². The molecular formula is C20H23ClO8S2. The first-order valence-corrected chi connectivity index (χ1v) is 11.8. The molecule has 2 aromatic rings. The first-order valence-electron chi connectivity index (χ1n) is 9.03. The Bertz CT molecular complexity index is 1060. The molecule has 1 atom stereocenters. The number of hydrogen-bond acceptors (Lipinski definition) is 9. The summed E-state index contributed by atoms with van der Waals surface area (Å²) in [5, 5.41) is -0.0735. The number of carbonyl (C=O) groups excluding carboxylic acids is 2. The average molecular weight is 491 g/mol. The maximum absolute atomic E-state index is 12.6. The van der Waals surface area contributed by atoms with Crippen LogP contribution in [0.15, 0.2) is 21.1 Å². The van der Waals surface area contributed by atoms with E-state index in [4.69, 9.17) is 30.5 Å². The Labute approximate surface area is 191 Å². The molecule has 2 rings (SSSR count). The van der Waals surface area contributed by atoms with Crippen LogP contribution in [0.25, 0.3) is 10.1 Å². The smallest absolute Gasteiger partial charge is 0.514 e. The van der Waals surface area contributed by atoms with Gasteiger partial charge in [0.05, 0.1) is 10.8 Å². The third-order valence-electron chi connectivity index (χ3n) is 3.30. The van der Waals surface area contributed by atoms with Crippen molar-refractivity contribution in [2.75, 3.05) is 6.26 Å². The topological polar surface area (TPSA) is 111 Å². The molecule has 0 amide bonds. The van der Waals surface area contributed by atoms with Crippen molar-refractivity contribution < 1.29 is 33.1 Å². The van der Waals surface area contributed by atoms with Crippen LogP contribution in [0.1, 0.15) is 41.5 Å². The minimum Gasteiger partial charge on any atom is -0.611 e. The molecule has 8 nitrogen and oxygen atoms in total. The molecule has 0 aliphatic rings. The van der Waals surface area contributed by atoms with E-state index in [1.807, 2.05) is 0 Å². The molecule has 31 heavy (non-hydrogen) atoms. The molecule has 0 fully saturated rings. The Morgan fingerprint density at radius 1 is 1.00 bits per heavy atom. The zero-order valence-electron chi connectivity index (χ0n) is 18.1. The first kappa shape index (κ1) is 25.3. The molecule has 0 bridgehead atoms. The van der Waals surface area contributed by atoms with E-state index in [9.17, 15) is 18.9 Å². The lowest BCUT2D eigenvalue weighted by Gasteiger charge is -2.21. The van der Waals surface area contributed by atoms with E-state index in [1.165, 1.54) is 18.4 Å². The van der Waals surface area contributed by atoms with Gasteiger partial charge in [-0.05, 0) is 58.8 Å². The quantitative estimate of drug-likeness (QED) is 0.324. The molecule has 0 spiro atoms. The number of ether oxygens (including phenoxy) is 4. The van der Waals surface area contributed by atoms with Gasteiger partial charge < -0.3 is 23.5 Å². The molecule has 0 saturated carbocycles. The van der Waals surface area contributed by atoms with Crippen molar-refractivity contribution in [1.29, 1.82) is 0 Å². The molecule has 1 unspecified atom stereocenters. The zero-order valence-corrected chi connectivity index (χ0v) is 20.5. The van der Waals surface area contributed by atoms with Crippen LogP contribution in [0.4, 0.5) is 9.59 Å². The SMILES string of the molecule is C[S+]([O-])c1cc(=O)c2cc(OC(=O)OC(C)(C)C)c(OC(=O)OC(C)(C)C)c(Cl)c2s1. The Balaban J connectivity index is 2.64. The molecule has 0 aliphatic heterocycles. The van der Waals surface area contributed by atoms with Crippen molar-refractivity contribution in [3.63, 3.8) is 0 Å². The highest BCUT2D eigenvalue weighted by molar-refractivity contribution is 7.92. The van der Waals surface area contributed by atoms with Gasteiger partial charge in [-0.1, -0.05) is 22.9 Å². The summed E-state index contributed by atoms with van der Waals surface area (Å²) in [5.74, 6) is -0.628. The fraction of sp³-hybridized carbons (Fsp3) is 0.450. The molecule has 170 valence electrons. The summed E-state index contributed by atoms with van der Waals surface area (Å²) >= 11 is 5.99. The van der Waals surface area contributed by atoms with Crippen molar-refractivity contribution in [2.24, 2.45) is 0 Å². The molecule has 1 aromatic carbocycles. The van der Waals surface area contributed by atoms with Crippen molar-refractivity contribution >= 4 is 56.5 Å². The van der Waals surface area contributed by atoms with E-state index in [2.05, 4.69) is 0 Å². The largest absolute Gasteiger partial charge is 0.611 e. The molecule has 1 heterocycles. The van der Waals surface area contributed by atoms with E-state index in [0.29, 0.717) is 0 Å². The summed E-state index contributed by atoms with van der Waals surface area (Å²) in [5.41, 5.74) is -2.20. The third-order valence-corrected chi connectivity index (χ3v) is 6.36. The predicted molar refractivity (Wildman–Crippen MR) is 119 cm³/mol. The zero-order chi connectivity index (χ0) is 23.7. The highest BCUT2D eigenvalue weighted by Crippen LogP contribution is 2.43. The van der Waals surface area contributed by atoms with Crippen LogP contribution in [-0.4, -0.2) is 34.3 Å². The molecular weight excluding hydrogens is 468 g/mol. The van der Waals surface area contributed by atoms with Crippen molar-refractivity contribution in [3.05, 3.63) is 27.4 Å². The van der Waals surface area contributed by atoms with Gasteiger partial charge in [-0.3, -0.25) is 4.79 Å². The Morgan fingerprint density at radius 2 is 1.52 bits per heavy atom. The maximum Gasteiger partial charge on any atom is 0.514 e. The number of benzene rings is 1. The van der Waals surface area contributed by atoms with Gasteiger partial charge in [-0.15, -0.1) is 0 Å². The van der Waals surface area contributed by atoms with Gasteiger partial charge in [0.15, 0.2) is 16.9 Å². The lowest BCUT2D eigenvalue weighted by molar-refractivity contribution is 0.0138. The fourth-order valence-corrected chi connectivity index (χ4v) is 4.38. The Hall–Kier alpha value is -2.01. The van der Waals surface area contributed by atoms with Gasteiger partial charge in [0, 0.05) is 5.39 Å². The van der Waals surface area contributed by atoms with Crippen LogP contribution >= 0.6 is 22.9 Å². The summed E-state index contributed by atoms with van der Waals surface area (Å²) in [4.78, 5) is 37.0. The van der Waals surface area contributed by atoms with Gasteiger partial charge in [-0.2, -0.15) is 0 Å². The van der Waals surface area contributed by atoms with Crippen molar-refractivity contribution in [2.45, 2.75) is 57.0 Å². The summed E-state index contributed by atoms with van der Waals surface area (Å²) < 4.78 is 33.1. The molecule has 0 saturated heterocycles. The predicted octanol–water partition coefficient (Wildman–Crippen LogP) is 5.28. The van der Waals surface area contributed by atoms with Gasteiger partial charge in [-0.25, -0.2) is 9.59 Å². The first-order chi connectivity index (χ1) is 14.1. The second-order valence-corrected chi connectivity index (χ2v) is 11.4. The normalized spacial score (nSPS) is 12.9. The van der Waals surface area contributed by atoms with Crippen molar-refractivity contribution in [3.8, 4) is 11.5 Å². The second kappa shape index (κ2) is 9.23. The van der Waals surface area contributed by atoms with Crippen LogP contribution in [0.5, 0.6) is 11.5 Å². The van der Waals surface area contributed by atoms with E-state index in [-0.39, 0.29) is 30.8 Å². The van der Waals surface area contributed by atoms with Crippen molar-refractivity contribution in [1.82, 2.24) is 0 Å². The highest BCUT2D eigenvalue weighted by Gasteiger charge is 2.27.